The van der Waals surface area contributed by atoms with Gasteiger partial charge >= 0.3 is 0 Å². The van der Waals surface area contributed by atoms with Crippen molar-refractivity contribution >= 4 is 22.9 Å². The third-order valence-corrected chi connectivity index (χ3v) is 7.08. The van der Waals surface area contributed by atoms with Crippen molar-refractivity contribution in [2.24, 2.45) is 17.8 Å². The van der Waals surface area contributed by atoms with Crippen LogP contribution in [0.25, 0.3) is 28.5 Å². The number of aliphatic hydroxyl groups excluding tert-OH is 2. The largest absolute Gasteiger partial charge is 0.390 e. The molecule has 35 heavy (non-hydrogen) atoms. The molecule has 0 radical (unpaired) electrons. The van der Waals surface area contributed by atoms with Gasteiger partial charge in [-0.25, -0.2) is 4.98 Å². The first-order valence-electron chi connectivity index (χ1n) is 11.2. The number of hydrogen-bond acceptors (Lipinski definition) is 11. The molecular formula is C21H23N11O3. The van der Waals surface area contributed by atoms with E-state index in [1.165, 1.54) is 4.68 Å². The number of aromatic nitrogens is 9. The number of amides is 1. The second kappa shape index (κ2) is 8.02. The van der Waals surface area contributed by atoms with Crippen molar-refractivity contribution in [3.63, 3.8) is 0 Å². The summed E-state index contributed by atoms with van der Waals surface area (Å²) in [5.41, 5.74) is 1.98. The first-order chi connectivity index (χ1) is 17.0. The van der Waals surface area contributed by atoms with Crippen LogP contribution >= 0.6 is 0 Å². The van der Waals surface area contributed by atoms with Crippen LogP contribution in [0.15, 0.2) is 31.1 Å². The zero-order valence-electron chi connectivity index (χ0n) is 18.9. The van der Waals surface area contributed by atoms with Gasteiger partial charge in [-0.2, -0.15) is 14.6 Å². The van der Waals surface area contributed by atoms with Gasteiger partial charge in [0, 0.05) is 32.4 Å². The first kappa shape index (κ1) is 21.5. The Labute approximate surface area is 198 Å². The van der Waals surface area contributed by atoms with Crippen molar-refractivity contribution in [2.45, 2.75) is 24.7 Å². The van der Waals surface area contributed by atoms with Crippen molar-refractivity contribution < 1.29 is 15.0 Å². The van der Waals surface area contributed by atoms with E-state index in [0.29, 0.717) is 34.8 Å². The van der Waals surface area contributed by atoms with Gasteiger partial charge in [-0.15, -0.1) is 5.10 Å². The summed E-state index contributed by atoms with van der Waals surface area (Å²) in [6, 6.07) is -0.583. The predicted molar refractivity (Wildman–Crippen MR) is 121 cm³/mol. The summed E-state index contributed by atoms with van der Waals surface area (Å²) >= 11 is 0. The lowest BCUT2D eigenvalue weighted by molar-refractivity contribution is -0.189. The fourth-order valence-corrected chi connectivity index (χ4v) is 5.38. The van der Waals surface area contributed by atoms with E-state index in [-0.39, 0.29) is 23.7 Å². The minimum absolute atomic E-state index is 0.142. The normalized spacial score (nSPS) is 27.4. The third kappa shape index (κ3) is 3.17. The van der Waals surface area contributed by atoms with E-state index in [9.17, 15) is 15.0 Å². The molecule has 4 aromatic rings. The van der Waals surface area contributed by atoms with Crippen LogP contribution in [0.2, 0.25) is 0 Å². The Kier molecular flexibility index (Phi) is 4.93. The number of anilines is 1. The molecule has 0 aromatic carbocycles. The highest BCUT2D eigenvalue weighted by atomic mass is 16.3. The Morgan fingerprint density at radius 1 is 1.09 bits per heavy atom. The number of imidazole rings is 1. The molecule has 180 valence electrons. The zero-order chi connectivity index (χ0) is 24.3. The van der Waals surface area contributed by atoms with E-state index < -0.39 is 24.2 Å². The molecule has 3 aliphatic rings. The standard InChI is InChI=1S/C21H23N11O3/c1-22-18-14-19(28-21(27-18)32-7-12(29-30-32)11-6-24-3-4-25-11)31(8-26-14)15-9-5-10(16(33)17(15)34)13(9)20(35)23-2/h3-4,6-10,13,15-17,33-34H,5H2,1-2H3,(H,23,35)(H,22,27,28)/t9?,10-,13-,15+,16+,17-/m0/s1. The van der Waals surface area contributed by atoms with Crippen LogP contribution in [0.4, 0.5) is 5.82 Å². The van der Waals surface area contributed by atoms with Gasteiger partial charge in [0.1, 0.15) is 17.5 Å². The topological polar surface area (TPSA) is 182 Å². The lowest BCUT2D eigenvalue weighted by Gasteiger charge is -2.56. The summed E-state index contributed by atoms with van der Waals surface area (Å²) in [7, 11) is 3.29. The van der Waals surface area contributed by atoms with Crippen LogP contribution in [0.1, 0.15) is 12.5 Å². The Morgan fingerprint density at radius 2 is 1.94 bits per heavy atom. The van der Waals surface area contributed by atoms with Gasteiger partial charge in [0.15, 0.2) is 17.0 Å². The summed E-state index contributed by atoms with van der Waals surface area (Å²) in [6.07, 6.45) is 6.46. The number of nitrogens with zero attached hydrogens (tertiary/aromatic N) is 9. The number of nitrogens with one attached hydrogen (secondary N) is 2. The number of carbonyl (C=O) groups is 1. The summed E-state index contributed by atoms with van der Waals surface area (Å²) < 4.78 is 3.15. The molecule has 0 aliphatic heterocycles. The monoisotopic (exact) mass is 477 g/mol. The van der Waals surface area contributed by atoms with Gasteiger partial charge in [-0.1, -0.05) is 5.21 Å². The van der Waals surface area contributed by atoms with E-state index in [1.54, 1.807) is 49.8 Å². The van der Waals surface area contributed by atoms with Gasteiger partial charge in [0.05, 0.1) is 30.9 Å². The Balaban J connectivity index is 1.44. The van der Waals surface area contributed by atoms with Crippen LogP contribution in [-0.4, -0.2) is 86.9 Å². The quantitative estimate of drug-likeness (QED) is 0.282. The minimum atomic E-state index is -1.07. The molecule has 0 spiro atoms. The number of aliphatic hydroxyl groups is 2. The fourth-order valence-electron chi connectivity index (χ4n) is 5.38. The summed E-state index contributed by atoms with van der Waals surface area (Å²) in [4.78, 5) is 34.5. The molecule has 14 heteroatoms. The Bertz CT molecular complexity index is 1400. The fraction of sp³-hybridized carbons (Fsp3) is 0.429. The molecule has 3 saturated carbocycles. The van der Waals surface area contributed by atoms with E-state index >= 15 is 0 Å². The van der Waals surface area contributed by atoms with Crippen molar-refractivity contribution in [2.75, 3.05) is 19.4 Å². The van der Waals surface area contributed by atoms with Gasteiger partial charge in [0.2, 0.25) is 5.91 Å². The molecule has 3 aliphatic carbocycles. The van der Waals surface area contributed by atoms with E-state index in [4.69, 9.17) is 0 Å². The molecule has 0 saturated heterocycles. The number of carbonyl (C=O) groups excluding carboxylic acids is 1. The third-order valence-electron chi connectivity index (χ3n) is 7.08. The molecule has 2 bridgehead atoms. The second-order valence-corrected chi connectivity index (χ2v) is 8.76. The summed E-state index contributed by atoms with van der Waals surface area (Å²) in [5.74, 6) is -0.282. The lowest BCUT2D eigenvalue weighted by Crippen LogP contribution is -2.64. The van der Waals surface area contributed by atoms with Gasteiger partial charge < -0.3 is 25.4 Å². The molecule has 4 N–H and O–H groups in total. The Morgan fingerprint density at radius 3 is 2.69 bits per heavy atom. The minimum Gasteiger partial charge on any atom is -0.390 e. The molecule has 14 nitrogen and oxygen atoms in total. The smallest absolute Gasteiger partial charge is 0.256 e. The van der Waals surface area contributed by atoms with Crippen LogP contribution in [0, 0.1) is 17.8 Å². The average Bonchev–Trinajstić information content (AvgIpc) is 3.52. The van der Waals surface area contributed by atoms with Gasteiger partial charge in [-0.05, 0) is 18.3 Å². The molecular weight excluding hydrogens is 454 g/mol. The summed E-state index contributed by atoms with van der Waals surface area (Å²) in [6.45, 7) is 0. The molecule has 4 aromatic heterocycles. The van der Waals surface area contributed by atoms with Crippen LogP contribution in [-0.2, 0) is 4.79 Å². The van der Waals surface area contributed by atoms with Gasteiger partial charge in [-0.3, -0.25) is 14.8 Å². The SMILES string of the molecule is CNC(=O)[C@H]1C2C[C@@H]1[C@@H](O)[C@@H](O)[C@@H]2n1cnc2c(NC)nc(-n3cc(-c4cnccn4)nn3)nc21. The highest BCUT2D eigenvalue weighted by molar-refractivity contribution is 5.84. The number of fused-ring (bicyclic) bond motifs is 3. The maximum absolute atomic E-state index is 12.5. The first-order valence-corrected chi connectivity index (χ1v) is 11.2. The van der Waals surface area contributed by atoms with Crippen molar-refractivity contribution in [3.8, 4) is 17.3 Å². The second-order valence-electron chi connectivity index (χ2n) is 8.76. The molecule has 4 heterocycles. The van der Waals surface area contributed by atoms with E-state index in [2.05, 4.69) is 45.9 Å². The lowest BCUT2D eigenvalue weighted by atomic mass is 9.52. The highest BCUT2D eigenvalue weighted by Crippen LogP contribution is 2.56. The predicted octanol–water partition coefficient (Wildman–Crippen LogP) is -0.819. The number of rotatable bonds is 5. The molecule has 7 rings (SSSR count). The average molecular weight is 477 g/mol. The number of hydrogen-bond donors (Lipinski definition) is 4. The van der Waals surface area contributed by atoms with Crippen LogP contribution < -0.4 is 10.6 Å². The van der Waals surface area contributed by atoms with Crippen molar-refractivity contribution in [1.82, 2.24) is 49.8 Å². The van der Waals surface area contributed by atoms with Crippen LogP contribution in [0.5, 0.6) is 0 Å². The van der Waals surface area contributed by atoms with E-state index in [1.807, 2.05) is 0 Å². The molecule has 3 fully saturated rings. The van der Waals surface area contributed by atoms with Crippen molar-refractivity contribution in [1.29, 1.82) is 0 Å². The summed E-state index contributed by atoms with van der Waals surface area (Å²) in [5, 5.41) is 35.7. The van der Waals surface area contributed by atoms with E-state index in [0.717, 1.165) is 0 Å². The zero-order valence-corrected chi connectivity index (χ0v) is 18.9. The maximum atomic E-state index is 12.5. The highest BCUT2D eigenvalue weighted by Gasteiger charge is 2.60. The molecule has 1 amide bonds. The van der Waals surface area contributed by atoms with Gasteiger partial charge in [0.25, 0.3) is 5.95 Å². The maximum Gasteiger partial charge on any atom is 0.256 e. The van der Waals surface area contributed by atoms with Crippen molar-refractivity contribution in [3.05, 3.63) is 31.1 Å². The Hall–Kier alpha value is -4.04. The molecule has 6 atom stereocenters. The van der Waals surface area contributed by atoms with Crippen LogP contribution in [0.3, 0.4) is 0 Å². The molecule has 1 unspecified atom stereocenters.